The molecule has 2 rings (SSSR count). The fourth-order valence-electron chi connectivity index (χ4n) is 2.22. The molecule has 1 heterocycles. The highest BCUT2D eigenvalue weighted by atomic mass is 16.5. The minimum Gasteiger partial charge on any atom is -0.483 e. The minimum absolute atomic E-state index is 0.0690. The van der Waals surface area contributed by atoms with E-state index >= 15 is 0 Å². The molecule has 0 aliphatic carbocycles. The van der Waals surface area contributed by atoms with E-state index in [0.717, 1.165) is 5.56 Å². The molecule has 0 unspecified atom stereocenters. The number of nitrogens with one attached hydrogen (secondary N) is 1. The maximum atomic E-state index is 12.1. The molecule has 1 amide bonds. The van der Waals surface area contributed by atoms with Crippen molar-refractivity contribution in [3.8, 4) is 5.75 Å². The van der Waals surface area contributed by atoms with E-state index in [1.165, 1.54) is 6.20 Å². The number of aliphatic hydroxyl groups excluding tert-OH is 1. The van der Waals surface area contributed by atoms with E-state index in [4.69, 9.17) is 4.74 Å². The number of amides is 1. The first-order valence-electron chi connectivity index (χ1n) is 7.47. The van der Waals surface area contributed by atoms with Crippen LogP contribution >= 0.6 is 0 Å². The lowest BCUT2D eigenvalue weighted by Crippen LogP contribution is -2.22. The van der Waals surface area contributed by atoms with Gasteiger partial charge < -0.3 is 15.2 Å². The van der Waals surface area contributed by atoms with Crippen LogP contribution in [0.5, 0.6) is 5.75 Å². The number of para-hydroxylation sites is 1. The highest BCUT2D eigenvalue weighted by Gasteiger charge is 2.19. The summed E-state index contributed by atoms with van der Waals surface area (Å²) in [5, 5.41) is 12.0. The van der Waals surface area contributed by atoms with Gasteiger partial charge in [-0.25, -0.2) is 0 Å². The van der Waals surface area contributed by atoms with Gasteiger partial charge in [0.2, 0.25) is 0 Å². The lowest BCUT2D eigenvalue weighted by Gasteiger charge is -2.22. The topological polar surface area (TPSA) is 71.5 Å². The summed E-state index contributed by atoms with van der Waals surface area (Å²) in [7, 11) is 0. The van der Waals surface area contributed by atoms with E-state index in [9.17, 15) is 9.90 Å². The number of aromatic nitrogens is 1. The summed E-state index contributed by atoms with van der Waals surface area (Å²) in [6, 6.07) is 9.35. The first-order valence-corrected chi connectivity index (χ1v) is 7.47. The molecule has 2 N–H and O–H groups in total. The summed E-state index contributed by atoms with van der Waals surface area (Å²) in [6.45, 7) is 6.02. The normalized spacial score (nSPS) is 11.1. The van der Waals surface area contributed by atoms with Gasteiger partial charge in [0.25, 0.3) is 5.91 Å². The Kier molecular flexibility index (Phi) is 5.34. The quantitative estimate of drug-likeness (QED) is 0.890. The molecule has 0 atom stereocenters. The van der Waals surface area contributed by atoms with Crippen LogP contribution in [0.4, 0.5) is 5.69 Å². The molecule has 0 aliphatic rings. The Morgan fingerprint density at radius 3 is 2.70 bits per heavy atom. The zero-order valence-electron chi connectivity index (χ0n) is 13.7. The first kappa shape index (κ1) is 17.0. The number of carbonyl (C=O) groups is 1. The SMILES string of the molecule is CC(C)(C)c1ccccc1OCC(=O)Nc1cnccc1CO. The molecule has 1 aromatic carbocycles. The van der Waals surface area contributed by atoms with Gasteiger partial charge in [-0.1, -0.05) is 39.0 Å². The number of rotatable bonds is 5. The highest BCUT2D eigenvalue weighted by molar-refractivity contribution is 5.92. The lowest BCUT2D eigenvalue weighted by atomic mass is 9.86. The van der Waals surface area contributed by atoms with Gasteiger partial charge in [0.15, 0.2) is 6.61 Å². The zero-order valence-corrected chi connectivity index (χ0v) is 13.7. The molecular formula is C18H22N2O3. The summed E-state index contributed by atoms with van der Waals surface area (Å²) in [6.07, 6.45) is 3.07. The zero-order chi connectivity index (χ0) is 16.9. The van der Waals surface area contributed by atoms with E-state index in [2.05, 4.69) is 31.1 Å². The Balaban J connectivity index is 2.03. The van der Waals surface area contributed by atoms with Crippen molar-refractivity contribution in [1.29, 1.82) is 0 Å². The molecule has 0 fully saturated rings. The van der Waals surface area contributed by atoms with E-state index in [0.29, 0.717) is 17.0 Å². The van der Waals surface area contributed by atoms with Crippen molar-refractivity contribution < 1.29 is 14.6 Å². The van der Waals surface area contributed by atoms with Gasteiger partial charge in [0.1, 0.15) is 5.75 Å². The van der Waals surface area contributed by atoms with Crippen LogP contribution in [0.1, 0.15) is 31.9 Å². The molecular weight excluding hydrogens is 292 g/mol. The summed E-state index contributed by atoms with van der Waals surface area (Å²) in [5.74, 6) is 0.403. The van der Waals surface area contributed by atoms with Gasteiger partial charge in [-0.3, -0.25) is 9.78 Å². The number of aliphatic hydroxyl groups is 1. The number of ether oxygens (including phenoxy) is 1. The van der Waals surface area contributed by atoms with Crippen molar-refractivity contribution in [1.82, 2.24) is 4.98 Å². The Labute approximate surface area is 136 Å². The van der Waals surface area contributed by atoms with Gasteiger partial charge in [0, 0.05) is 11.8 Å². The monoisotopic (exact) mass is 314 g/mol. The number of carbonyl (C=O) groups excluding carboxylic acids is 1. The molecule has 0 saturated heterocycles. The minimum atomic E-state index is -0.295. The van der Waals surface area contributed by atoms with Crippen LogP contribution in [0, 0.1) is 0 Å². The van der Waals surface area contributed by atoms with E-state index in [1.54, 1.807) is 12.3 Å². The predicted octanol–water partition coefficient (Wildman–Crippen LogP) is 2.89. The lowest BCUT2D eigenvalue weighted by molar-refractivity contribution is -0.118. The maximum absolute atomic E-state index is 12.1. The van der Waals surface area contributed by atoms with Crippen LogP contribution in [0.3, 0.4) is 0 Å². The summed E-state index contributed by atoms with van der Waals surface area (Å²) in [5.41, 5.74) is 2.09. The van der Waals surface area contributed by atoms with Gasteiger partial charge in [0.05, 0.1) is 18.5 Å². The van der Waals surface area contributed by atoms with Crippen molar-refractivity contribution in [3.63, 3.8) is 0 Å². The molecule has 5 heteroatoms. The molecule has 23 heavy (non-hydrogen) atoms. The van der Waals surface area contributed by atoms with Crippen molar-refractivity contribution in [2.75, 3.05) is 11.9 Å². The van der Waals surface area contributed by atoms with Crippen molar-refractivity contribution in [2.24, 2.45) is 0 Å². The number of benzene rings is 1. The number of hydrogen-bond donors (Lipinski definition) is 2. The molecule has 0 radical (unpaired) electrons. The average molecular weight is 314 g/mol. The van der Waals surface area contributed by atoms with Crippen molar-refractivity contribution >= 4 is 11.6 Å². The Morgan fingerprint density at radius 2 is 2.00 bits per heavy atom. The second kappa shape index (κ2) is 7.24. The Bertz CT molecular complexity index is 678. The Hall–Kier alpha value is -2.40. The van der Waals surface area contributed by atoms with Crippen LogP contribution in [0.15, 0.2) is 42.7 Å². The van der Waals surface area contributed by atoms with Crippen LogP contribution in [-0.4, -0.2) is 22.6 Å². The number of pyridine rings is 1. The highest BCUT2D eigenvalue weighted by Crippen LogP contribution is 2.30. The van der Waals surface area contributed by atoms with Crippen LogP contribution in [0.25, 0.3) is 0 Å². The Morgan fingerprint density at radius 1 is 1.26 bits per heavy atom. The molecule has 1 aromatic heterocycles. The molecule has 2 aromatic rings. The molecule has 0 aliphatic heterocycles. The largest absolute Gasteiger partial charge is 0.483 e. The smallest absolute Gasteiger partial charge is 0.262 e. The van der Waals surface area contributed by atoms with Gasteiger partial charge in [-0.15, -0.1) is 0 Å². The molecule has 122 valence electrons. The standard InChI is InChI=1S/C18H22N2O3/c1-18(2,3)14-6-4-5-7-16(14)23-12-17(22)20-15-10-19-9-8-13(15)11-21/h4-10,21H,11-12H2,1-3H3,(H,20,22). The summed E-state index contributed by atoms with van der Waals surface area (Å²) in [4.78, 5) is 16.0. The van der Waals surface area contributed by atoms with Gasteiger partial charge in [-0.2, -0.15) is 0 Å². The van der Waals surface area contributed by atoms with Crippen molar-refractivity contribution in [3.05, 3.63) is 53.9 Å². The van der Waals surface area contributed by atoms with Crippen molar-refractivity contribution in [2.45, 2.75) is 32.8 Å². The third-order valence-electron chi connectivity index (χ3n) is 3.41. The number of nitrogens with zero attached hydrogens (tertiary/aromatic N) is 1. The van der Waals surface area contributed by atoms with E-state index < -0.39 is 0 Å². The second-order valence-corrected chi connectivity index (χ2v) is 6.27. The predicted molar refractivity (Wildman–Crippen MR) is 89.4 cm³/mol. The number of anilines is 1. The maximum Gasteiger partial charge on any atom is 0.262 e. The van der Waals surface area contributed by atoms with Gasteiger partial charge >= 0.3 is 0 Å². The fraction of sp³-hybridized carbons (Fsp3) is 0.333. The van der Waals surface area contributed by atoms with E-state index in [-0.39, 0.29) is 24.5 Å². The third-order valence-corrected chi connectivity index (χ3v) is 3.41. The molecule has 5 nitrogen and oxygen atoms in total. The third kappa shape index (κ3) is 4.53. The summed E-state index contributed by atoms with van der Waals surface area (Å²) >= 11 is 0. The van der Waals surface area contributed by atoms with Gasteiger partial charge in [-0.05, 0) is 23.1 Å². The fourth-order valence-corrected chi connectivity index (χ4v) is 2.22. The van der Waals surface area contributed by atoms with Crippen LogP contribution in [0.2, 0.25) is 0 Å². The molecule has 0 spiro atoms. The molecule has 0 saturated carbocycles. The van der Waals surface area contributed by atoms with Crippen LogP contribution in [-0.2, 0) is 16.8 Å². The molecule has 0 bridgehead atoms. The second-order valence-electron chi connectivity index (χ2n) is 6.27. The average Bonchev–Trinajstić information content (AvgIpc) is 2.53. The van der Waals surface area contributed by atoms with E-state index in [1.807, 2.05) is 24.3 Å². The summed E-state index contributed by atoms with van der Waals surface area (Å²) < 4.78 is 5.68. The first-order chi connectivity index (χ1) is 10.9. The van der Waals surface area contributed by atoms with Crippen LogP contribution < -0.4 is 10.1 Å². The number of hydrogen-bond acceptors (Lipinski definition) is 4.